The van der Waals surface area contributed by atoms with Crippen LogP contribution in [0.3, 0.4) is 0 Å². The topological polar surface area (TPSA) is 94.7 Å². The van der Waals surface area contributed by atoms with Crippen molar-refractivity contribution in [2.24, 2.45) is 10.9 Å². The van der Waals surface area contributed by atoms with Crippen LogP contribution in [0.5, 0.6) is 5.88 Å². The molecule has 1 aromatic heterocycles. The molecule has 0 saturated carbocycles. The fourth-order valence-electron chi connectivity index (χ4n) is 2.85. The predicted octanol–water partition coefficient (Wildman–Crippen LogP) is 0.681. The van der Waals surface area contributed by atoms with Gasteiger partial charge in [-0.05, 0) is 30.6 Å². The summed E-state index contributed by atoms with van der Waals surface area (Å²) in [4.78, 5) is 28.1. The number of hydrogen-bond acceptors (Lipinski definition) is 6. The molecule has 2 heterocycles. The first-order valence-corrected chi connectivity index (χ1v) is 8.91. The molecule has 6 nitrogen and oxygen atoms in total. The lowest BCUT2D eigenvalue weighted by Crippen LogP contribution is -2.34. The van der Waals surface area contributed by atoms with Gasteiger partial charge in [0.25, 0.3) is 5.91 Å². The van der Waals surface area contributed by atoms with Gasteiger partial charge in [-0.3, -0.25) is 9.36 Å². The van der Waals surface area contributed by atoms with Gasteiger partial charge in [-0.15, -0.1) is 11.3 Å². The SMILES string of the molecule is CC(C)C[C@H](C(=O)[O-])n1c(O)c(C2=c3ccccc3=NC2=O)sc1=S. The van der Waals surface area contributed by atoms with Gasteiger partial charge in [-0.1, -0.05) is 32.0 Å². The Morgan fingerprint density at radius 3 is 2.72 bits per heavy atom. The van der Waals surface area contributed by atoms with Crippen molar-refractivity contribution in [3.8, 4) is 5.88 Å². The van der Waals surface area contributed by atoms with Gasteiger partial charge < -0.3 is 15.0 Å². The molecular formula is C17H15N2O4S2-. The normalized spacial score (nSPS) is 14.5. The molecule has 3 rings (SSSR count). The summed E-state index contributed by atoms with van der Waals surface area (Å²) in [6.45, 7) is 3.74. The van der Waals surface area contributed by atoms with E-state index < -0.39 is 17.9 Å². The zero-order valence-corrected chi connectivity index (χ0v) is 15.2. The average Bonchev–Trinajstić information content (AvgIpc) is 3.00. The number of thiazole rings is 1. The summed E-state index contributed by atoms with van der Waals surface area (Å²) in [6.07, 6.45) is 0.255. The van der Waals surface area contributed by atoms with E-state index in [1.54, 1.807) is 24.3 Å². The van der Waals surface area contributed by atoms with Crippen LogP contribution in [0.25, 0.3) is 5.57 Å². The smallest absolute Gasteiger partial charge is 0.279 e. The first kappa shape index (κ1) is 17.5. The lowest BCUT2D eigenvalue weighted by Gasteiger charge is -2.22. The molecule has 0 spiro atoms. The van der Waals surface area contributed by atoms with Crippen LogP contribution in [-0.4, -0.2) is 21.6 Å². The number of carbonyl (C=O) groups excluding carboxylic acids is 2. The highest BCUT2D eigenvalue weighted by molar-refractivity contribution is 7.73. The van der Waals surface area contributed by atoms with E-state index in [0.29, 0.717) is 10.6 Å². The molecule has 1 amide bonds. The van der Waals surface area contributed by atoms with Gasteiger partial charge in [0.05, 0.1) is 22.9 Å². The van der Waals surface area contributed by atoms with Crippen LogP contribution in [0.4, 0.5) is 0 Å². The lowest BCUT2D eigenvalue weighted by atomic mass is 10.0. The van der Waals surface area contributed by atoms with Gasteiger partial charge in [-0.2, -0.15) is 0 Å². The number of aliphatic carboxylic acids is 1. The van der Waals surface area contributed by atoms with Crippen molar-refractivity contribution in [1.82, 2.24) is 4.57 Å². The van der Waals surface area contributed by atoms with E-state index in [1.807, 2.05) is 13.8 Å². The number of benzene rings is 1. The Morgan fingerprint density at radius 2 is 2.08 bits per heavy atom. The van der Waals surface area contributed by atoms with Crippen molar-refractivity contribution in [3.05, 3.63) is 43.7 Å². The van der Waals surface area contributed by atoms with E-state index in [4.69, 9.17) is 12.2 Å². The number of carboxylic acid groups (broad SMARTS) is 1. The minimum atomic E-state index is -1.32. The van der Waals surface area contributed by atoms with Crippen molar-refractivity contribution in [2.45, 2.75) is 26.3 Å². The number of aromatic hydroxyl groups is 1. The molecule has 1 aliphatic heterocycles. The first-order valence-electron chi connectivity index (χ1n) is 7.69. The standard InChI is InChI=1S/C17H16N2O4S2/c1-8(2)7-11(16(22)23)19-15(21)13(25-17(19)24)12-9-5-3-4-6-10(9)18-14(12)20/h3-6,8,11,21H,7H2,1-2H3,(H,22,23)/p-1/t11-/m1/s1. The summed E-state index contributed by atoms with van der Waals surface area (Å²) < 4.78 is 1.33. The fourth-order valence-corrected chi connectivity index (χ4v) is 4.29. The largest absolute Gasteiger partial charge is 0.548 e. The van der Waals surface area contributed by atoms with E-state index >= 15 is 0 Å². The van der Waals surface area contributed by atoms with Crippen LogP contribution in [0.2, 0.25) is 0 Å². The molecule has 1 atom stereocenters. The Morgan fingerprint density at radius 1 is 1.40 bits per heavy atom. The average molecular weight is 375 g/mol. The Bertz CT molecular complexity index is 1050. The molecule has 0 radical (unpaired) electrons. The number of hydrogen-bond donors (Lipinski definition) is 1. The van der Waals surface area contributed by atoms with Crippen LogP contribution in [0.15, 0.2) is 29.3 Å². The second kappa shape index (κ2) is 6.53. The number of amides is 1. The lowest BCUT2D eigenvalue weighted by molar-refractivity contribution is -0.311. The number of para-hydroxylation sites is 1. The molecule has 25 heavy (non-hydrogen) atoms. The van der Waals surface area contributed by atoms with Crippen molar-refractivity contribution in [2.75, 3.05) is 0 Å². The molecule has 1 aromatic carbocycles. The minimum absolute atomic E-state index is 0.0593. The summed E-state index contributed by atoms with van der Waals surface area (Å²) in [7, 11) is 0. The third-order valence-electron chi connectivity index (χ3n) is 3.93. The van der Waals surface area contributed by atoms with Crippen LogP contribution in [-0.2, 0) is 9.59 Å². The molecule has 2 aromatic rings. The quantitative estimate of drug-likeness (QED) is 0.776. The Labute approximate surface area is 152 Å². The molecular weight excluding hydrogens is 360 g/mol. The van der Waals surface area contributed by atoms with E-state index in [-0.39, 0.29) is 32.6 Å². The maximum absolute atomic E-state index is 12.3. The molecule has 0 aliphatic carbocycles. The van der Waals surface area contributed by atoms with Crippen LogP contribution in [0.1, 0.15) is 31.2 Å². The van der Waals surface area contributed by atoms with Gasteiger partial charge >= 0.3 is 0 Å². The van der Waals surface area contributed by atoms with Crippen molar-refractivity contribution >= 4 is 41.0 Å². The van der Waals surface area contributed by atoms with Crippen molar-refractivity contribution < 1.29 is 19.8 Å². The van der Waals surface area contributed by atoms with Crippen molar-refractivity contribution in [1.29, 1.82) is 0 Å². The zero-order valence-electron chi connectivity index (χ0n) is 13.6. The third-order valence-corrected chi connectivity index (χ3v) is 5.34. The monoisotopic (exact) mass is 375 g/mol. The van der Waals surface area contributed by atoms with Gasteiger partial charge in [-0.25, -0.2) is 4.99 Å². The predicted molar refractivity (Wildman–Crippen MR) is 93.0 cm³/mol. The third kappa shape index (κ3) is 3.03. The van der Waals surface area contributed by atoms with E-state index in [9.17, 15) is 19.8 Å². The van der Waals surface area contributed by atoms with Crippen LogP contribution >= 0.6 is 23.6 Å². The first-order chi connectivity index (χ1) is 11.8. The van der Waals surface area contributed by atoms with Crippen LogP contribution < -0.4 is 15.7 Å². The second-order valence-corrected chi connectivity index (χ2v) is 7.81. The van der Waals surface area contributed by atoms with Crippen LogP contribution in [0, 0.1) is 9.87 Å². The molecule has 0 saturated heterocycles. The summed E-state index contributed by atoms with van der Waals surface area (Å²) in [5.41, 5.74) is 0.240. The summed E-state index contributed by atoms with van der Waals surface area (Å²) in [5.74, 6) is -2.07. The number of fused-ring (bicyclic) bond motifs is 1. The summed E-state index contributed by atoms with van der Waals surface area (Å²) >= 11 is 6.25. The van der Waals surface area contributed by atoms with Gasteiger partial charge in [0.15, 0.2) is 3.95 Å². The second-order valence-electron chi connectivity index (χ2n) is 6.16. The molecule has 0 fully saturated rings. The molecule has 0 unspecified atom stereocenters. The zero-order chi connectivity index (χ0) is 18.3. The number of rotatable bonds is 5. The van der Waals surface area contributed by atoms with Gasteiger partial charge in [0.2, 0.25) is 5.88 Å². The highest BCUT2D eigenvalue weighted by atomic mass is 32.1. The molecule has 8 heteroatoms. The Kier molecular flexibility index (Phi) is 4.57. The van der Waals surface area contributed by atoms with Gasteiger partial charge in [0, 0.05) is 5.22 Å². The fraction of sp³-hybridized carbons (Fsp3) is 0.294. The maximum atomic E-state index is 12.3. The highest BCUT2D eigenvalue weighted by Gasteiger charge is 2.28. The Balaban J connectivity index is 2.23. The minimum Gasteiger partial charge on any atom is -0.548 e. The molecule has 0 bridgehead atoms. The Hall–Kier alpha value is -2.32. The summed E-state index contributed by atoms with van der Waals surface area (Å²) in [6, 6.07) is 5.87. The summed E-state index contributed by atoms with van der Waals surface area (Å²) in [5, 5.41) is 23.3. The maximum Gasteiger partial charge on any atom is 0.279 e. The number of nitrogens with zero attached hydrogens (tertiary/aromatic N) is 2. The molecule has 1 N–H and O–H groups in total. The van der Waals surface area contributed by atoms with E-state index in [1.165, 1.54) is 0 Å². The number of carbonyl (C=O) groups is 2. The van der Waals surface area contributed by atoms with Gasteiger partial charge in [0.1, 0.15) is 4.88 Å². The van der Waals surface area contributed by atoms with E-state index in [0.717, 1.165) is 15.9 Å². The number of aromatic nitrogens is 1. The highest BCUT2D eigenvalue weighted by Crippen LogP contribution is 2.36. The van der Waals surface area contributed by atoms with Crippen molar-refractivity contribution in [3.63, 3.8) is 0 Å². The molecule has 1 aliphatic rings. The number of carboxylic acids is 1. The van der Waals surface area contributed by atoms with E-state index in [2.05, 4.69) is 4.99 Å². The molecule has 130 valence electrons.